The first-order valence-corrected chi connectivity index (χ1v) is 11.4. The quantitative estimate of drug-likeness (QED) is 0.0903. The summed E-state index contributed by atoms with van der Waals surface area (Å²) in [4.78, 5) is 13.1. The van der Waals surface area contributed by atoms with Gasteiger partial charge in [-0.25, -0.2) is 13.2 Å². The third-order valence-electron chi connectivity index (χ3n) is 4.60. The molecule has 6 nitrogen and oxygen atoms in total. The van der Waals surface area contributed by atoms with Crippen LogP contribution < -0.4 is 9.30 Å². The first kappa shape index (κ1) is 24.6. The van der Waals surface area contributed by atoms with Crippen molar-refractivity contribution in [2.75, 3.05) is 0 Å². The van der Waals surface area contributed by atoms with Crippen molar-refractivity contribution in [3.8, 4) is 5.75 Å². The Bertz CT molecular complexity index is 1400. The van der Waals surface area contributed by atoms with Gasteiger partial charge in [0.1, 0.15) is 12.8 Å². The molecule has 1 heterocycles. The molecule has 33 heavy (non-hydrogen) atoms. The van der Waals surface area contributed by atoms with Gasteiger partial charge in [-0.3, -0.25) is 0 Å². The Morgan fingerprint density at radius 1 is 0.909 bits per heavy atom. The number of hydrogen-bond acceptors (Lipinski definition) is 5. The number of esters is 1. The van der Waals surface area contributed by atoms with Crippen LogP contribution in [0, 0.1) is 0 Å². The third kappa shape index (κ3) is 5.32. The Labute approximate surface area is 195 Å². The van der Waals surface area contributed by atoms with E-state index in [1.807, 2.05) is 73.8 Å². The molecule has 4 rings (SSSR count). The van der Waals surface area contributed by atoms with Crippen LogP contribution in [-0.2, 0) is 17.2 Å². The monoisotopic (exact) mass is 541 g/mol. The summed E-state index contributed by atoms with van der Waals surface area (Å²) in [7, 11) is -4.08. The molecule has 0 aliphatic rings. The zero-order valence-corrected chi connectivity index (χ0v) is 19.2. The van der Waals surface area contributed by atoms with E-state index in [1.54, 1.807) is 6.07 Å². The Morgan fingerprint density at radius 3 is 1.79 bits per heavy atom. The minimum absolute atomic E-state index is 0.361. The molecular formula is C22H15BrF3NO5S. The molecule has 4 aromatic rings. The van der Waals surface area contributed by atoms with Crippen molar-refractivity contribution in [1.29, 1.82) is 0 Å². The highest BCUT2D eigenvalue weighted by atomic mass is 79.9. The Balaban J connectivity index is 0.000000331. The molecule has 0 N–H and O–H groups in total. The molecular weight excluding hydrogens is 527 g/mol. The number of aryl methyl sites for hydroxylation is 1. The Morgan fingerprint density at radius 2 is 1.33 bits per heavy atom. The molecule has 11 heteroatoms. The zero-order valence-electron chi connectivity index (χ0n) is 16.8. The number of fused-ring (bicyclic) bond motifs is 2. The van der Waals surface area contributed by atoms with Gasteiger partial charge in [0.25, 0.3) is 0 Å². The highest BCUT2D eigenvalue weighted by Crippen LogP contribution is 2.29. The largest absolute Gasteiger partial charge is 0.741 e. The van der Waals surface area contributed by atoms with Crippen LogP contribution in [0.25, 0.3) is 21.8 Å². The molecule has 0 saturated carbocycles. The second-order valence-electron chi connectivity index (χ2n) is 6.69. The van der Waals surface area contributed by atoms with E-state index in [9.17, 15) is 18.0 Å². The van der Waals surface area contributed by atoms with Crippen molar-refractivity contribution in [2.24, 2.45) is 7.05 Å². The predicted octanol–water partition coefficient (Wildman–Crippen LogP) is 4.85. The molecule has 0 atom stereocenters. The molecule has 0 unspecified atom stereocenters. The van der Waals surface area contributed by atoms with Gasteiger partial charge in [-0.05, 0) is 40.2 Å². The first-order chi connectivity index (χ1) is 15.4. The number of pyridine rings is 1. The van der Waals surface area contributed by atoms with E-state index in [0.29, 0.717) is 11.3 Å². The molecule has 0 aliphatic heterocycles. The Kier molecular flexibility index (Phi) is 7.06. The number of para-hydroxylation sites is 3. The van der Waals surface area contributed by atoms with Crippen molar-refractivity contribution < 1.29 is 40.2 Å². The summed E-state index contributed by atoms with van der Waals surface area (Å²) in [5.41, 5.74) is -3.09. The van der Waals surface area contributed by atoms with Crippen molar-refractivity contribution in [1.82, 2.24) is 0 Å². The number of halogens is 4. The molecule has 0 aliphatic carbocycles. The molecule has 0 fully saturated rings. The van der Waals surface area contributed by atoms with Crippen LogP contribution in [0.1, 0.15) is 10.4 Å². The maximum Gasteiger partial charge on any atom is 0.485 e. The fourth-order valence-electron chi connectivity index (χ4n) is 3.13. The number of hydrogen-bond donors (Lipinski definition) is 0. The van der Waals surface area contributed by atoms with Gasteiger partial charge in [0.05, 0.1) is 20.8 Å². The molecule has 1 aromatic heterocycles. The van der Waals surface area contributed by atoms with E-state index in [4.69, 9.17) is 17.7 Å². The number of rotatable bonds is 2. The summed E-state index contributed by atoms with van der Waals surface area (Å²) < 4.78 is 67.4. The van der Waals surface area contributed by atoms with Crippen molar-refractivity contribution in [2.45, 2.75) is 5.51 Å². The lowest BCUT2D eigenvalue weighted by Gasteiger charge is -2.10. The van der Waals surface area contributed by atoms with Gasteiger partial charge < -0.3 is 9.29 Å². The molecule has 172 valence electrons. The standard InChI is InChI=1S/C21H15BrNO2.CHF3O3S/c1-23-17-11-5-2-8-14(17)20(15-9-3-6-12-18(15)23)21(24)25-19-13-7-4-10-16(19)22;2-1(3,4)8(5,6)7/h2-13H,1H3;(H,5,6,7)/q+1;/p-1. The minimum Gasteiger partial charge on any atom is -0.741 e. The van der Waals surface area contributed by atoms with Crippen LogP contribution in [0.2, 0.25) is 0 Å². The van der Waals surface area contributed by atoms with Crippen LogP contribution in [0.4, 0.5) is 13.2 Å². The lowest BCUT2D eigenvalue weighted by atomic mass is 10.0. The minimum atomic E-state index is -6.09. The zero-order chi connectivity index (χ0) is 24.4. The maximum atomic E-state index is 13.1. The molecule has 0 saturated heterocycles. The van der Waals surface area contributed by atoms with Crippen LogP contribution in [0.5, 0.6) is 5.75 Å². The van der Waals surface area contributed by atoms with Crippen molar-refractivity contribution in [3.05, 3.63) is 82.8 Å². The van der Waals surface area contributed by atoms with Gasteiger partial charge in [-0.2, -0.15) is 17.7 Å². The second-order valence-corrected chi connectivity index (χ2v) is 8.91. The number of ether oxygens (including phenoxy) is 1. The lowest BCUT2D eigenvalue weighted by Crippen LogP contribution is -2.31. The molecule has 0 radical (unpaired) electrons. The molecule has 3 aromatic carbocycles. The van der Waals surface area contributed by atoms with E-state index < -0.39 is 15.6 Å². The SMILES string of the molecule is C[n+]1c2ccccc2c(C(=O)Oc2ccccc2Br)c2ccccc21.O=S(=O)([O-])C(F)(F)F. The van der Waals surface area contributed by atoms with Crippen LogP contribution >= 0.6 is 15.9 Å². The summed E-state index contributed by atoms with van der Waals surface area (Å²) in [6.45, 7) is 0. The number of alkyl halides is 3. The second kappa shape index (κ2) is 9.46. The van der Waals surface area contributed by atoms with Gasteiger partial charge in [0.15, 0.2) is 10.1 Å². The van der Waals surface area contributed by atoms with E-state index in [2.05, 4.69) is 20.5 Å². The fourth-order valence-corrected chi connectivity index (χ4v) is 3.49. The normalized spacial score (nSPS) is 11.7. The molecule has 0 bridgehead atoms. The average molecular weight is 542 g/mol. The van der Waals surface area contributed by atoms with Gasteiger partial charge >= 0.3 is 11.5 Å². The first-order valence-electron chi connectivity index (χ1n) is 9.20. The smallest absolute Gasteiger partial charge is 0.485 e. The van der Waals surface area contributed by atoms with E-state index in [1.165, 1.54) is 0 Å². The summed E-state index contributed by atoms with van der Waals surface area (Å²) in [6, 6.07) is 23.1. The van der Waals surface area contributed by atoms with E-state index >= 15 is 0 Å². The van der Waals surface area contributed by atoms with Gasteiger partial charge in [-0.15, -0.1) is 0 Å². The molecule has 0 amide bonds. The Hall–Kier alpha value is -3.02. The van der Waals surface area contributed by atoms with Crippen LogP contribution in [0.15, 0.2) is 77.3 Å². The topological polar surface area (TPSA) is 87.4 Å². The molecule has 0 spiro atoms. The third-order valence-corrected chi connectivity index (χ3v) is 5.82. The average Bonchev–Trinajstić information content (AvgIpc) is 2.75. The highest BCUT2D eigenvalue weighted by Gasteiger charge is 2.36. The maximum absolute atomic E-state index is 13.1. The van der Waals surface area contributed by atoms with Gasteiger partial charge in [0, 0.05) is 12.1 Å². The van der Waals surface area contributed by atoms with Gasteiger partial charge in [0.2, 0.25) is 11.0 Å². The summed E-state index contributed by atoms with van der Waals surface area (Å²) in [5, 5.41) is 1.75. The van der Waals surface area contributed by atoms with E-state index in [-0.39, 0.29) is 5.97 Å². The van der Waals surface area contributed by atoms with Crippen molar-refractivity contribution in [3.63, 3.8) is 0 Å². The van der Waals surface area contributed by atoms with E-state index in [0.717, 1.165) is 26.3 Å². The number of carbonyl (C=O) groups excluding carboxylic acids is 1. The van der Waals surface area contributed by atoms with Crippen molar-refractivity contribution >= 4 is 53.8 Å². The predicted molar refractivity (Wildman–Crippen MR) is 117 cm³/mol. The highest BCUT2D eigenvalue weighted by molar-refractivity contribution is 9.10. The summed E-state index contributed by atoms with van der Waals surface area (Å²) >= 11 is 3.43. The number of aromatic nitrogens is 1. The van der Waals surface area contributed by atoms with Crippen LogP contribution in [-0.4, -0.2) is 24.4 Å². The van der Waals surface area contributed by atoms with Crippen LogP contribution in [0.3, 0.4) is 0 Å². The summed E-state index contributed by atoms with van der Waals surface area (Å²) in [6.07, 6.45) is 0. The summed E-state index contributed by atoms with van der Waals surface area (Å²) in [5.74, 6) is 0.147. The number of carbonyl (C=O) groups is 1. The number of benzene rings is 3. The lowest BCUT2D eigenvalue weighted by molar-refractivity contribution is -0.617. The fraction of sp³-hybridized carbons (Fsp3) is 0.0909. The van der Waals surface area contributed by atoms with Gasteiger partial charge in [-0.1, -0.05) is 36.4 Å². The number of nitrogens with zero attached hydrogens (tertiary/aromatic N) is 1.